The maximum absolute atomic E-state index is 13.1. The fourth-order valence-electron chi connectivity index (χ4n) is 4.98. The zero-order valence-electron chi connectivity index (χ0n) is 27.5. The van der Waals surface area contributed by atoms with Crippen LogP contribution >= 0.6 is 63.7 Å². The summed E-state index contributed by atoms with van der Waals surface area (Å²) >= 11 is 13.3. The summed E-state index contributed by atoms with van der Waals surface area (Å²) in [4.78, 5) is 26.0. The second-order valence-electron chi connectivity index (χ2n) is 11.3. The molecule has 0 saturated carbocycles. The van der Waals surface area contributed by atoms with Gasteiger partial charge in [-0.25, -0.2) is 0 Å². The third kappa shape index (κ3) is 10.6. The van der Waals surface area contributed by atoms with Gasteiger partial charge >= 0.3 is 10.4 Å². The molecule has 0 aliphatic carbocycles. The van der Waals surface area contributed by atoms with Crippen LogP contribution in [0.2, 0.25) is 0 Å². The lowest BCUT2D eigenvalue weighted by molar-refractivity contribution is -0.271. The number of aliphatic hydroxyl groups excluding tert-OH is 1. The number of benzene rings is 4. The van der Waals surface area contributed by atoms with Gasteiger partial charge in [0.1, 0.15) is 23.3 Å². The molecular formula is C34H25Br4N4O12S-. The second-order valence-corrected chi connectivity index (χ2v) is 15.8. The first-order valence-electron chi connectivity index (χ1n) is 15.4. The molecule has 0 fully saturated rings. The molecule has 16 nitrogen and oxygen atoms in total. The summed E-state index contributed by atoms with van der Waals surface area (Å²) < 4.78 is 50.0. The fourth-order valence-corrected chi connectivity index (χ4v) is 7.70. The third-order valence-corrected chi connectivity index (χ3v) is 10.3. The van der Waals surface area contributed by atoms with Crippen molar-refractivity contribution in [3.8, 4) is 34.5 Å². The van der Waals surface area contributed by atoms with Crippen molar-refractivity contribution in [2.24, 2.45) is 10.3 Å². The number of amides is 2. The maximum atomic E-state index is 13.1. The van der Waals surface area contributed by atoms with Crippen molar-refractivity contribution in [3.63, 3.8) is 0 Å². The largest absolute Gasteiger partial charge is 0.869 e. The van der Waals surface area contributed by atoms with E-state index in [1.807, 2.05) is 0 Å². The third-order valence-electron chi connectivity index (χ3n) is 7.54. The number of aliphatic hydroxyl groups is 1. The molecular weight excluding hydrogens is 1010 g/mol. The summed E-state index contributed by atoms with van der Waals surface area (Å²) in [6.45, 7) is -0.0538. The maximum Gasteiger partial charge on any atom is 0.446 e. The quantitative estimate of drug-likeness (QED) is 0.0739. The van der Waals surface area contributed by atoms with Gasteiger partial charge in [0.05, 0.1) is 13.4 Å². The molecule has 4 aliphatic heterocycles. The molecule has 4 heterocycles. The van der Waals surface area contributed by atoms with Crippen LogP contribution in [-0.2, 0) is 32.8 Å². The molecule has 8 bridgehead atoms. The van der Waals surface area contributed by atoms with Gasteiger partial charge in [0.2, 0.25) is 0 Å². The molecule has 6 N–H and O–H groups in total. The van der Waals surface area contributed by atoms with E-state index in [4.69, 9.17) is 13.7 Å². The molecule has 55 heavy (non-hydrogen) atoms. The number of halogens is 4. The van der Waals surface area contributed by atoms with Crippen molar-refractivity contribution in [2.45, 2.75) is 18.9 Å². The molecule has 0 aromatic heterocycles. The number of hydrogen-bond donors (Lipinski definition) is 6. The van der Waals surface area contributed by atoms with Crippen LogP contribution in [-0.4, -0.2) is 58.3 Å². The van der Waals surface area contributed by atoms with Crippen molar-refractivity contribution in [2.75, 3.05) is 6.54 Å². The standard InChI is InChI=1S/C34H26Br4N4O12S/c35-20-9-16-1-3-25(20)52-27-12-17(2-4-26(27)54-55(49,50)51)6-8-40-34(46)29(42-48)30(43)19-14-22(37)32(23(38)15-19)53-28-13-18(10-21(36)31(28)44)11-24(41-47)33(45)39-7-5-16/h1-5,7,9-10,12-15,30,43-44,47-48H,6,8,11H2,(H,39,45)(H,40,46)(H,49,50,51)/p-1/b7-5+,41-24-,42-29-. The molecule has 8 rings (SSSR count). The molecule has 0 spiro atoms. The topological polar surface area (TPSA) is 249 Å². The van der Waals surface area contributed by atoms with Gasteiger partial charge in [-0.05, 0) is 131 Å². The number of oxime groups is 2. The van der Waals surface area contributed by atoms with E-state index in [-0.39, 0.29) is 72.8 Å². The minimum Gasteiger partial charge on any atom is -0.869 e. The van der Waals surface area contributed by atoms with E-state index in [0.717, 1.165) is 0 Å². The van der Waals surface area contributed by atoms with Crippen LogP contribution in [0.25, 0.3) is 6.08 Å². The van der Waals surface area contributed by atoms with Crippen molar-refractivity contribution >= 4 is 103 Å². The lowest BCUT2D eigenvalue weighted by Crippen LogP contribution is -2.36. The van der Waals surface area contributed by atoms with Crippen LogP contribution < -0.4 is 29.4 Å². The number of rotatable bonds is 2. The Hall–Kier alpha value is -4.51. The summed E-state index contributed by atoms with van der Waals surface area (Å²) in [6.07, 6.45) is 0.988. The normalized spacial score (nSPS) is 17.7. The van der Waals surface area contributed by atoms with Crippen LogP contribution in [0.1, 0.15) is 28.4 Å². The Bertz CT molecular complexity index is 2350. The van der Waals surface area contributed by atoms with E-state index in [2.05, 4.69) is 84.7 Å². The van der Waals surface area contributed by atoms with E-state index in [1.165, 1.54) is 60.8 Å². The van der Waals surface area contributed by atoms with Crippen molar-refractivity contribution < 1.29 is 56.8 Å². The molecule has 4 aromatic carbocycles. The number of nitrogens with one attached hydrogen (secondary N) is 2. The highest BCUT2D eigenvalue weighted by Crippen LogP contribution is 2.43. The highest BCUT2D eigenvalue weighted by atomic mass is 79.9. The second kappa shape index (κ2) is 18.0. The summed E-state index contributed by atoms with van der Waals surface area (Å²) in [5.74, 6) is -2.60. The Labute approximate surface area is 346 Å². The van der Waals surface area contributed by atoms with E-state index in [1.54, 1.807) is 12.1 Å². The molecule has 4 aromatic rings. The summed E-state index contributed by atoms with van der Waals surface area (Å²) in [6, 6.07) is 14.4. The van der Waals surface area contributed by atoms with Gasteiger partial charge < -0.3 is 44.9 Å². The van der Waals surface area contributed by atoms with Crippen LogP contribution in [0.3, 0.4) is 0 Å². The van der Waals surface area contributed by atoms with Gasteiger partial charge in [-0.15, -0.1) is 0 Å². The molecule has 1 atom stereocenters. The lowest BCUT2D eigenvalue weighted by atomic mass is 10.0. The average molecular weight is 1030 g/mol. The van der Waals surface area contributed by atoms with Gasteiger partial charge in [0.15, 0.2) is 23.0 Å². The van der Waals surface area contributed by atoms with Gasteiger partial charge in [-0.3, -0.25) is 14.1 Å². The van der Waals surface area contributed by atoms with E-state index in [0.29, 0.717) is 21.2 Å². The Kier molecular flexibility index (Phi) is 13.6. The number of carbonyl (C=O) groups excluding carboxylic acids is 2. The van der Waals surface area contributed by atoms with Crippen LogP contribution in [0.15, 0.2) is 95.1 Å². The van der Waals surface area contributed by atoms with Gasteiger partial charge in [0, 0.05) is 23.6 Å². The Morgan fingerprint density at radius 2 is 1.53 bits per heavy atom. The van der Waals surface area contributed by atoms with Crippen molar-refractivity contribution in [3.05, 3.63) is 107 Å². The summed E-state index contributed by atoms with van der Waals surface area (Å²) in [5.41, 5.74) is 0.536. The predicted molar refractivity (Wildman–Crippen MR) is 209 cm³/mol. The first kappa shape index (κ1) is 41.6. The zero-order chi connectivity index (χ0) is 40.0. The first-order valence-corrected chi connectivity index (χ1v) is 19.9. The molecule has 1 unspecified atom stereocenters. The Balaban J connectivity index is 1.53. The molecule has 4 aliphatic rings. The van der Waals surface area contributed by atoms with Gasteiger partial charge in [0.25, 0.3) is 11.8 Å². The van der Waals surface area contributed by atoms with Crippen LogP contribution in [0.4, 0.5) is 0 Å². The van der Waals surface area contributed by atoms with Crippen LogP contribution in [0, 0.1) is 0 Å². The van der Waals surface area contributed by atoms with Crippen LogP contribution in [0.5, 0.6) is 34.5 Å². The monoisotopic (exact) mass is 1030 g/mol. The van der Waals surface area contributed by atoms with E-state index in [9.17, 15) is 43.2 Å². The Morgan fingerprint density at radius 3 is 2.18 bits per heavy atom. The minimum atomic E-state index is -4.95. The average Bonchev–Trinajstić information content (AvgIpc) is 3.11. The minimum absolute atomic E-state index is 0.0538. The van der Waals surface area contributed by atoms with Crippen molar-refractivity contribution in [1.82, 2.24) is 10.6 Å². The summed E-state index contributed by atoms with van der Waals surface area (Å²) in [5, 5.41) is 54.7. The lowest BCUT2D eigenvalue weighted by Gasteiger charge is -2.20. The molecule has 21 heteroatoms. The molecule has 2 amide bonds. The molecule has 0 radical (unpaired) electrons. The first-order chi connectivity index (χ1) is 26.1. The van der Waals surface area contributed by atoms with Gasteiger partial charge in [-0.1, -0.05) is 44.1 Å². The number of ether oxygens (including phenoxy) is 2. The predicted octanol–water partition coefficient (Wildman–Crippen LogP) is 6.27. The smallest absolute Gasteiger partial charge is 0.446 e. The summed E-state index contributed by atoms with van der Waals surface area (Å²) in [7, 11) is -4.95. The number of nitrogens with zero attached hydrogens (tertiary/aromatic N) is 2. The number of hydrogen-bond acceptors (Lipinski definition) is 13. The fraction of sp³-hybridized carbons (Fsp3) is 0.118. The van der Waals surface area contributed by atoms with Crippen molar-refractivity contribution in [1.29, 1.82) is 0 Å². The SMILES string of the molecule is O=C1N/C=C/c2ccc(c(Br)c2)Oc2cc(ccc2OS(=O)(=O)O)CCNC(=O)/C(=N\O)C(O)c2cc(Br)c(c(Br)c2)Oc2cc(cc(Br)c2[O-])C/C1=N/O. The molecule has 288 valence electrons. The number of carbonyl (C=O) groups is 2. The zero-order valence-corrected chi connectivity index (χ0v) is 34.7. The molecule has 0 saturated heterocycles. The Morgan fingerprint density at radius 1 is 0.818 bits per heavy atom. The van der Waals surface area contributed by atoms with E-state index >= 15 is 0 Å². The highest BCUT2D eigenvalue weighted by molar-refractivity contribution is 9.11. The highest BCUT2D eigenvalue weighted by Gasteiger charge is 2.26. The van der Waals surface area contributed by atoms with Gasteiger partial charge in [-0.2, -0.15) is 8.42 Å². The van der Waals surface area contributed by atoms with E-state index < -0.39 is 39.8 Å².